The molecule has 15 heavy (non-hydrogen) atoms. The molecule has 2 heterocycles. The molecule has 0 amide bonds. The maximum Gasteiger partial charge on any atom is 0.161 e. The molecule has 80 valence electrons. The Kier molecular flexibility index (Phi) is 2.48. The lowest BCUT2D eigenvalue weighted by molar-refractivity contribution is 0.508. The van der Waals surface area contributed by atoms with E-state index in [1.165, 1.54) is 37.1 Å². The molecule has 1 aromatic heterocycles. The zero-order chi connectivity index (χ0) is 10.1. The largest absolute Gasteiger partial charge is 0.334 e. The lowest BCUT2D eigenvalue weighted by Gasteiger charge is -2.16. The number of hydrogen-bond acceptors (Lipinski definition) is 4. The van der Waals surface area contributed by atoms with Gasteiger partial charge in [-0.3, -0.25) is 4.99 Å². The molecule has 4 heteroatoms. The van der Waals surface area contributed by atoms with Crippen molar-refractivity contribution in [2.75, 3.05) is 11.1 Å². The molecule has 0 unspecified atom stereocenters. The smallest absolute Gasteiger partial charge is 0.161 e. The summed E-state index contributed by atoms with van der Waals surface area (Å²) in [6.45, 7) is 0. The van der Waals surface area contributed by atoms with Crippen LogP contribution in [0.2, 0.25) is 0 Å². The summed E-state index contributed by atoms with van der Waals surface area (Å²) in [6.07, 6.45) is 5.29. The first-order valence-electron chi connectivity index (χ1n) is 5.38. The Morgan fingerprint density at radius 1 is 1.33 bits per heavy atom. The normalized spacial score (nSPS) is 23.3. The molecule has 0 saturated heterocycles. The van der Waals surface area contributed by atoms with Gasteiger partial charge in [0.25, 0.3) is 0 Å². The molecular weight excluding hydrogens is 224 g/mol. The lowest BCUT2D eigenvalue weighted by Crippen LogP contribution is -2.21. The summed E-state index contributed by atoms with van der Waals surface area (Å²) in [5, 5.41) is 8.73. The summed E-state index contributed by atoms with van der Waals surface area (Å²) >= 11 is 3.60. The van der Waals surface area contributed by atoms with Gasteiger partial charge in [-0.15, -0.1) is 0 Å². The Morgan fingerprint density at radius 3 is 2.93 bits per heavy atom. The highest BCUT2D eigenvalue weighted by atomic mass is 32.2. The van der Waals surface area contributed by atoms with Gasteiger partial charge in [0.05, 0.1) is 11.2 Å². The van der Waals surface area contributed by atoms with E-state index in [1.807, 2.05) is 11.8 Å². The molecular formula is C11H14N2S2. The molecule has 3 rings (SSSR count). The zero-order valence-corrected chi connectivity index (χ0v) is 10.2. The van der Waals surface area contributed by atoms with E-state index in [2.05, 4.69) is 22.1 Å². The molecule has 1 saturated carbocycles. The maximum atomic E-state index is 4.87. The van der Waals surface area contributed by atoms with Gasteiger partial charge in [0, 0.05) is 11.1 Å². The molecule has 2 aliphatic rings. The Labute approximate surface area is 98.2 Å². The standard InChI is InChI=1S/C11H14N2S2/c1-2-5-11(4-1)8-15-10(13-11)12-9-3-6-14-7-9/h3,6-7H,1-2,4-5,8H2,(H,12,13). The number of thiophene rings is 1. The van der Waals surface area contributed by atoms with Crippen LogP contribution in [0.15, 0.2) is 21.8 Å². The molecule has 0 aromatic carbocycles. The highest BCUT2D eigenvalue weighted by Crippen LogP contribution is 2.41. The predicted molar refractivity (Wildman–Crippen MR) is 69.0 cm³/mol. The van der Waals surface area contributed by atoms with E-state index in [9.17, 15) is 0 Å². The summed E-state index contributed by atoms with van der Waals surface area (Å²) in [4.78, 5) is 4.87. The minimum Gasteiger partial charge on any atom is -0.334 e. The van der Waals surface area contributed by atoms with Gasteiger partial charge in [-0.1, -0.05) is 24.6 Å². The van der Waals surface area contributed by atoms with Crippen LogP contribution in [0.4, 0.5) is 5.69 Å². The number of thioether (sulfide) groups is 1. The summed E-state index contributed by atoms with van der Waals surface area (Å²) in [7, 11) is 0. The van der Waals surface area contributed by atoms with Gasteiger partial charge < -0.3 is 5.32 Å². The molecule has 1 N–H and O–H groups in total. The first-order chi connectivity index (χ1) is 7.36. The van der Waals surface area contributed by atoms with Crippen LogP contribution < -0.4 is 5.32 Å². The Bertz CT molecular complexity index is 364. The third kappa shape index (κ3) is 1.93. The first-order valence-corrected chi connectivity index (χ1v) is 7.31. The third-order valence-corrected chi connectivity index (χ3v) is 4.95. The molecule has 1 aliphatic heterocycles. The van der Waals surface area contributed by atoms with Gasteiger partial charge in [0.2, 0.25) is 0 Å². The number of anilines is 1. The molecule has 1 spiro atoms. The van der Waals surface area contributed by atoms with Gasteiger partial charge in [-0.2, -0.15) is 11.3 Å². The Morgan fingerprint density at radius 2 is 2.20 bits per heavy atom. The van der Waals surface area contributed by atoms with Gasteiger partial charge in [-0.05, 0) is 24.3 Å². The number of hydrogen-bond donors (Lipinski definition) is 1. The third-order valence-electron chi connectivity index (χ3n) is 3.12. The van der Waals surface area contributed by atoms with Crippen LogP contribution in [0, 0.1) is 0 Å². The van der Waals surface area contributed by atoms with Crippen LogP contribution in [0.1, 0.15) is 25.7 Å². The van der Waals surface area contributed by atoms with Crippen molar-refractivity contribution in [1.29, 1.82) is 0 Å². The van der Waals surface area contributed by atoms with Crippen LogP contribution in [-0.2, 0) is 0 Å². The maximum absolute atomic E-state index is 4.87. The quantitative estimate of drug-likeness (QED) is 0.808. The van der Waals surface area contributed by atoms with Crippen molar-refractivity contribution < 1.29 is 0 Å². The van der Waals surface area contributed by atoms with Gasteiger partial charge in [-0.25, -0.2) is 0 Å². The van der Waals surface area contributed by atoms with Crippen molar-refractivity contribution in [3.8, 4) is 0 Å². The first kappa shape index (κ1) is 9.73. The topological polar surface area (TPSA) is 24.4 Å². The monoisotopic (exact) mass is 238 g/mol. The average molecular weight is 238 g/mol. The number of nitrogens with zero attached hydrogens (tertiary/aromatic N) is 1. The van der Waals surface area contributed by atoms with E-state index in [1.54, 1.807) is 11.3 Å². The molecule has 0 radical (unpaired) electrons. The van der Waals surface area contributed by atoms with Gasteiger partial charge >= 0.3 is 0 Å². The highest BCUT2D eigenvalue weighted by Gasteiger charge is 2.38. The second-order valence-corrected chi connectivity index (χ2v) is 6.02. The van der Waals surface area contributed by atoms with E-state index in [0.717, 1.165) is 5.17 Å². The van der Waals surface area contributed by atoms with Crippen LogP contribution in [0.5, 0.6) is 0 Å². The fourth-order valence-electron chi connectivity index (χ4n) is 2.30. The summed E-state index contributed by atoms with van der Waals surface area (Å²) in [5.41, 5.74) is 1.48. The van der Waals surface area contributed by atoms with E-state index >= 15 is 0 Å². The average Bonchev–Trinajstić information content (AvgIpc) is 2.92. The van der Waals surface area contributed by atoms with Gasteiger partial charge in [0.15, 0.2) is 5.17 Å². The molecule has 1 aliphatic carbocycles. The van der Waals surface area contributed by atoms with Crippen molar-refractivity contribution >= 4 is 34.0 Å². The van der Waals surface area contributed by atoms with E-state index in [-0.39, 0.29) is 0 Å². The Balaban J connectivity index is 1.73. The fourth-order valence-corrected chi connectivity index (χ4v) is 4.09. The van der Waals surface area contributed by atoms with Crippen LogP contribution in [0.25, 0.3) is 0 Å². The predicted octanol–water partition coefficient (Wildman–Crippen LogP) is 3.58. The summed E-state index contributed by atoms with van der Waals surface area (Å²) in [5.74, 6) is 1.18. The number of nitrogens with one attached hydrogen (secondary N) is 1. The summed E-state index contributed by atoms with van der Waals surface area (Å²) in [6, 6.07) is 2.10. The van der Waals surface area contributed by atoms with E-state index in [4.69, 9.17) is 4.99 Å². The van der Waals surface area contributed by atoms with Gasteiger partial charge in [0.1, 0.15) is 0 Å². The minimum absolute atomic E-state index is 0.295. The van der Waals surface area contributed by atoms with Crippen molar-refractivity contribution in [2.45, 2.75) is 31.2 Å². The minimum atomic E-state index is 0.295. The van der Waals surface area contributed by atoms with Crippen molar-refractivity contribution in [3.63, 3.8) is 0 Å². The van der Waals surface area contributed by atoms with Crippen LogP contribution in [0.3, 0.4) is 0 Å². The molecule has 1 aromatic rings. The molecule has 1 fully saturated rings. The van der Waals surface area contributed by atoms with E-state index < -0.39 is 0 Å². The lowest BCUT2D eigenvalue weighted by atomic mass is 10.0. The van der Waals surface area contributed by atoms with Crippen LogP contribution in [-0.4, -0.2) is 16.5 Å². The van der Waals surface area contributed by atoms with Crippen LogP contribution >= 0.6 is 23.1 Å². The molecule has 2 nitrogen and oxygen atoms in total. The fraction of sp³-hybridized carbons (Fsp3) is 0.545. The number of aliphatic imine (C=N–C) groups is 1. The highest BCUT2D eigenvalue weighted by molar-refractivity contribution is 8.14. The second kappa shape index (κ2) is 3.83. The van der Waals surface area contributed by atoms with Crippen molar-refractivity contribution in [3.05, 3.63) is 16.8 Å². The molecule has 0 atom stereocenters. The van der Waals surface area contributed by atoms with Crippen molar-refractivity contribution in [1.82, 2.24) is 0 Å². The number of rotatable bonds is 1. The second-order valence-electron chi connectivity index (χ2n) is 4.27. The Hall–Kier alpha value is -0.480. The SMILES string of the molecule is c1cc(NC2=NC3(CCCC3)CS2)cs1. The number of amidine groups is 1. The molecule has 0 bridgehead atoms. The van der Waals surface area contributed by atoms with Crippen molar-refractivity contribution in [2.24, 2.45) is 4.99 Å². The van der Waals surface area contributed by atoms with E-state index in [0.29, 0.717) is 5.54 Å². The summed E-state index contributed by atoms with van der Waals surface area (Å²) < 4.78 is 0. The zero-order valence-electron chi connectivity index (χ0n) is 8.53.